The van der Waals surface area contributed by atoms with Crippen LogP contribution in [0.5, 0.6) is 0 Å². The van der Waals surface area contributed by atoms with Crippen LogP contribution in [-0.2, 0) is 19.8 Å². The Bertz CT molecular complexity index is 698. The van der Waals surface area contributed by atoms with Gasteiger partial charge in [0.15, 0.2) is 0 Å². The Balaban J connectivity index is 2.26. The first kappa shape index (κ1) is 14.6. The van der Waals surface area contributed by atoms with Gasteiger partial charge in [0.1, 0.15) is 23.4 Å². The van der Waals surface area contributed by atoms with Crippen LogP contribution in [0.3, 0.4) is 0 Å². The van der Waals surface area contributed by atoms with Crippen molar-refractivity contribution >= 4 is 11.6 Å². The maximum absolute atomic E-state index is 12.6. The summed E-state index contributed by atoms with van der Waals surface area (Å²) in [4.78, 5) is 3.44. The largest absolute Gasteiger partial charge is 0.433 e. The molecule has 0 radical (unpaired) electrons. The van der Waals surface area contributed by atoms with Gasteiger partial charge >= 0.3 is 6.18 Å². The molecule has 0 fully saturated rings. The summed E-state index contributed by atoms with van der Waals surface area (Å²) in [7, 11) is 1.64. The Kier molecular flexibility index (Phi) is 3.71. The number of halogens is 3. The zero-order valence-corrected chi connectivity index (χ0v) is 10.9. The van der Waals surface area contributed by atoms with Crippen molar-refractivity contribution in [3.8, 4) is 6.07 Å². The second-order valence-electron chi connectivity index (χ2n) is 4.23. The van der Waals surface area contributed by atoms with Gasteiger partial charge in [-0.3, -0.25) is 4.68 Å². The van der Waals surface area contributed by atoms with Crippen LogP contribution in [0, 0.1) is 11.3 Å². The highest BCUT2D eigenvalue weighted by Gasteiger charge is 2.33. The molecule has 0 aliphatic rings. The standard InChI is InChI=1S/C12H11F3N6/c1-21-10(17)8(6-19-21)5-18-11-7(4-16)2-3-9(20-11)12(13,14)15/h2-3,6H,5,17H2,1H3,(H,18,20). The smallest absolute Gasteiger partial charge is 0.384 e. The van der Waals surface area contributed by atoms with Crippen LogP contribution < -0.4 is 11.1 Å². The van der Waals surface area contributed by atoms with Crippen molar-refractivity contribution in [1.29, 1.82) is 5.26 Å². The average molecular weight is 296 g/mol. The summed E-state index contributed by atoms with van der Waals surface area (Å²) in [5.41, 5.74) is 5.28. The van der Waals surface area contributed by atoms with Crippen molar-refractivity contribution in [1.82, 2.24) is 14.8 Å². The second kappa shape index (κ2) is 5.32. The Morgan fingerprint density at radius 3 is 2.67 bits per heavy atom. The van der Waals surface area contributed by atoms with Crippen LogP contribution >= 0.6 is 0 Å². The van der Waals surface area contributed by atoms with Crippen LogP contribution in [0.4, 0.5) is 24.8 Å². The third kappa shape index (κ3) is 3.05. The van der Waals surface area contributed by atoms with E-state index < -0.39 is 11.9 Å². The number of rotatable bonds is 3. The van der Waals surface area contributed by atoms with Crippen molar-refractivity contribution in [3.63, 3.8) is 0 Å². The lowest BCUT2D eigenvalue weighted by Crippen LogP contribution is -2.12. The van der Waals surface area contributed by atoms with E-state index in [0.29, 0.717) is 11.4 Å². The molecule has 0 aromatic carbocycles. The molecule has 2 aromatic heterocycles. The van der Waals surface area contributed by atoms with Crippen molar-refractivity contribution in [2.75, 3.05) is 11.1 Å². The molecule has 6 nitrogen and oxygen atoms in total. The van der Waals surface area contributed by atoms with Gasteiger partial charge in [0, 0.05) is 19.2 Å². The van der Waals surface area contributed by atoms with E-state index in [1.165, 1.54) is 10.9 Å². The van der Waals surface area contributed by atoms with Crippen LogP contribution in [0.25, 0.3) is 0 Å². The minimum absolute atomic E-state index is 0.0189. The van der Waals surface area contributed by atoms with E-state index in [9.17, 15) is 13.2 Å². The lowest BCUT2D eigenvalue weighted by molar-refractivity contribution is -0.141. The molecule has 0 atom stereocenters. The number of nitrogens with one attached hydrogen (secondary N) is 1. The number of alkyl halides is 3. The maximum atomic E-state index is 12.6. The third-order valence-electron chi connectivity index (χ3n) is 2.82. The first-order chi connectivity index (χ1) is 9.82. The second-order valence-corrected chi connectivity index (χ2v) is 4.23. The summed E-state index contributed by atoms with van der Waals surface area (Å²) < 4.78 is 39.3. The van der Waals surface area contributed by atoms with E-state index in [4.69, 9.17) is 11.0 Å². The Hall–Kier alpha value is -2.76. The molecule has 0 unspecified atom stereocenters. The highest BCUT2D eigenvalue weighted by molar-refractivity contribution is 5.53. The van der Waals surface area contributed by atoms with Crippen molar-refractivity contribution in [2.24, 2.45) is 7.05 Å². The van der Waals surface area contributed by atoms with Crippen LogP contribution in [-0.4, -0.2) is 14.8 Å². The van der Waals surface area contributed by atoms with Gasteiger partial charge in [-0.25, -0.2) is 4.98 Å². The van der Waals surface area contributed by atoms with Crippen LogP contribution in [0.2, 0.25) is 0 Å². The predicted octanol–water partition coefficient (Wildman–Crippen LogP) is 1.90. The monoisotopic (exact) mass is 296 g/mol. The fraction of sp³-hybridized carbons (Fsp3) is 0.250. The molecule has 9 heteroatoms. The molecule has 2 heterocycles. The Labute approximate surface area is 118 Å². The molecule has 0 spiro atoms. The molecule has 110 valence electrons. The molecule has 0 aliphatic heterocycles. The highest BCUT2D eigenvalue weighted by atomic mass is 19.4. The third-order valence-corrected chi connectivity index (χ3v) is 2.82. The normalized spacial score (nSPS) is 11.2. The van der Waals surface area contributed by atoms with Gasteiger partial charge in [-0.15, -0.1) is 0 Å². The van der Waals surface area contributed by atoms with Crippen LogP contribution in [0.15, 0.2) is 18.3 Å². The van der Waals surface area contributed by atoms with E-state index in [0.717, 1.165) is 12.1 Å². The summed E-state index contributed by atoms with van der Waals surface area (Å²) in [5.74, 6) is 0.239. The molecule has 0 aliphatic carbocycles. The molecule has 0 bridgehead atoms. The first-order valence-electron chi connectivity index (χ1n) is 5.81. The molecule has 2 rings (SSSR count). The molecule has 21 heavy (non-hydrogen) atoms. The van der Waals surface area contributed by atoms with E-state index in [-0.39, 0.29) is 17.9 Å². The minimum atomic E-state index is -4.57. The summed E-state index contributed by atoms with van der Waals surface area (Å²) in [6.45, 7) is 0.114. The zero-order valence-electron chi connectivity index (χ0n) is 10.9. The van der Waals surface area contributed by atoms with E-state index in [1.807, 2.05) is 0 Å². The van der Waals surface area contributed by atoms with Crippen molar-refractivity contribution in [2.45, 2.75) is 12.7 Å². The molecule has 0 saturated carbocycles. The fourth-order valence-electron chi connectivity index (χ4n) is 1.65. The molecule has 0 saturated heterocycles. The summed E-state index contributed by atoms with van der Waals surface area (Å²) in [6.07, 6.45) is -3.08. The van der Waals surface area contributed by atoms with E-state index in [2.05, 4.69) is 15.4 Å². The molecule has 0 amide bonds. The first-order valence-corrected chi connectivity index (χ1v) is 5.81. The van der Waals surface area contributed by atoms with Crippen LogP contribution in [0.1, 0.15) is 16.8 Å². The highest BCUT2D eigenvalue weighted by Crippen LogP contribution is 2.29. The lowest BCUT2D eigenvalue weighted by atomic mass is 10.2. The number of aryl methyl sites for hydroxylation is 1. The Morgan fingerprint density at radius 2 is 2.14 bits per heavy atom. The van der Waals surface area contributed by atoms with Crippen molar-refractivity contribution < 1.29 is 13.2 Å². The molecular formula is C12H11F3N6. The lowest BCUT2D eigenvalue weighted by Gasteiger charge is -2.11. The SMILES string of the molecule is Cn1ncc(CNc2nc(C(F)(F)F)ccc2C#N)c1N. The maximum Gasteiger partial charge on any atom is 0.433 e. The van der Waals surface area contributed by atoms with E-state index in [1.54, 1.807) is 13.1 Å². The van der Waals surface area contributed by atoms with Gasteiger partial charge in [-0.1, -0.05) is 0 Å². The number of nitriles is 1. The number of pyridine rings is 1. The topological polar surface area (TPSA) is 92.5 Å². The summed E-state index contributed by atoms with van der Waals surface area (Å²) in [6, 6.07) is 3.63. The van der Waals surface area contributed by atoms with Gasteiger partial charge in [-0.2, -0.15) is 23.5 Å². The van der Waals surface area contributed by atoms with Gasteiger partial charge in [0.2, 0.25) is 0 Å². The number of hydrogen-bond donors (Lipinski definition) is 2. The fourth-order valence-corrected chi connectivity index (χ4v) is 1.65. The number of nitrogens with two attached hydrogens (primary N) is 1. The summed E-state index contributed by atoms with van der Waals surface area (Å²) in [5, 5.41) is 15.5. The van der Waals surface area contributed by atoms with Gasteiger partial charge < -0.3 is 11.1 Å². The number of hydrogen-bond acceptors (Lipinski definition) is 5. The van der Waals surface area contributed by atoms with E-state index >= 15 is 0 Å². The van der Waals surface area contributed by atoms with Gasteiger partial charge in [-0.05, 0) is 12.1 Å². The minimum Gasteiger partial charge on any atom is -0.384 e. The number of anilines is 2. The molecular weight excluding hydrogens is 285 g/mol. The average Bonchev–Trinajstić information content (AvgIpc) is 2.75. The molecule has 2 aromatic rings. The zero-order chi connectivity index (χ0) is 15.6. The van der Waals surface area contributed by atoms with Gasteiger partial charge in [0.25, 0.3) is 0 Å². The predicted molar refractivity (Wildman–Crippen MR) is 68.9 cm³/mol. The summed E-state index contributed by atoms with van der Waals surface area (Å²) >= 11 is 0. The Morgan fingerprint density at radius 1 is 1.43 bits per heavy atom. The quantitative estimate of drug-likeness (QED) is 0.902. The number of aromatic nitrogens is 3. The number of nitrogen functional groups attached to an aromatic ring is 1. The molecule has 3 N–H and O–H groups in total. The van der Waals surface area contributed by atoms with Gasteiger partial charge in [0.05, 0.1) is 11.8 Å². The van der Waals surface area contributed by atoms with Crippen molar-refractivity contribution in [3.05, 3.63) is 35.2 Å². The number of nitrogens with zero attached hydrogens (tertiary/aromatic N) is 4.